The number of thiocarbonyl (C=S) groups is 1. The molecule has 0 bridgehead atoms. The number of hydrogen-bond acceptors (Lipinski definition) is 8. The van der Waals surface area contributed by atoms with Crippen LogP contribution in [0.3, 0.4) is 0 Å². The molecule has 10 heteroatoms. The average Bonchev–Trinajstić information content (AvgIpc) is 3.04. The number of piperazine rings is 1. The third kappa shape index (κ3) is 4.76. The van der Waals surface area contributed by atoms with Gasteiger partial charge in [-0.15, -0.1) is 0 Å². The van der Waals surface area contributed by atoms with Crippen molar-refractivity contribution in [3.8, 4) is 6.07 Å². The van der Waals surface area contributed by atoms with Crippen molar-refractivity contribution in [2.45, 2.75) is 26.7 Å². The number of pyridine rings is 1. The molecule has 3 heterocycles. The van der Waals surface area contributed by atoms with Gasteiger partial charge in [0.15, 0.2) is 0 Å². The normalized spacial score (nSPS) is 18.7. The highest BCUT2D eigenvalue weighted by molar-refractivity contribution is 8.26. The van der Waals surface area contributed by atoms with Gasteiger partial charge in [0.25, 0.3) is 11.5 Å². The van der Waals surface area contributed by atoms with Crippen molar-refractivity contribution in [1.29, 1.82) is 5.26 Å². The lowest BCUT2D eigenvalue weighted by atomic mass is 10.0. The standard InChI is InChI=1S/C22H29N5O3S2/c1-4-5-6-27-21(30)18(32-22(27)31)13-16-15(2)17(14-23)20(29)24(3)19(16)26-9-7-25(8-10-26)11-12-28/h13,28H,4-12H2,1-3H3. The molecule has 1 N–H and O–H groups in total. The first-order valence-electron chi connectivity index (χ1n) is 10.8. The van der Waals surface area contributed by atoms with Crippen LogP contribution >= 0.6 is 24.0 Å². The minimum absolute atomic E-state index is 0.0860. The Balaban J connectivity index is 2.06. The monoisotopic (exact) mass is 475 g/mol. The number of aliphatic hydroxyl groups excluding tert-OH is 1. The number of thioether (sulfide) groups is 1. The number of nitriles is 1. The summed E-state index contributed by atoms with van der Waals surface area (Å²) in [4.78, 5) is 32.3. The predicted octanol–water partition coefficient (Wildman–Crippen LogP) is 1.68. The summed E-state index contributed by atoms with van der Waals surface area (Å²) in [5.74, 6) is 0.577. The first-order chi connectivity index (χ1) is 15.3. The van der Waals surface area contributed by atoms with E-state index in [1.54, 1.807) is 24.9 Å². The molecule has 0 unspecified atom stereocenters. The number of carbonyl (C=O) groups excluding carboxylic acids is 1. The van der Waals surface area contributed by atoms with Crippen LogP contribution in [0.25, 0.3) is 6.08 Å². The van der Waals surface area contributed by atoms with Crippen LogP contribution in [0.15, 0.2) is 9.70 Å². The van der Waals surface area contributed by atoms with Crippen LogP contribution in [-0.2, 0) is 11.8 Å². The molecule has 0 aliphatic carbocycles. The van der Waals surface area contributed by atoms with Crippen LogP contribution in [0, 0.1) is 18.3 Å². The van der Waals surface area contributed by atoms with Crippen molar-refractivity contribution in [2.24, 2.45) is 7.05 Å². The molecule has 172 valence electrons. The lowest BCUT2D eigenvalue weighted by Crippen LogP contribution is -2.49. The quantitative estimate of drug-likeness (QED) is 0.470. The number of amides is 1. The fourth-order valence-electron chi connectivity index (χ4n) is 4.06. The first-order valence-corrected chi connectivity index (χ1v) is 12.0. The third-order valence-electron chi connectivity index (χ3n) is 5.94. The number of aromatic nitrogens is 1. The Kier molecular flexibility index (Phi) is 8.11. The molecule has 2 fully saturated rings. The minimum atomic E-state index is -0.342. The van der Waals surface area contributed by atoms with Crippen LogP contribution in [0.2, 0.25) is 0 Å². The van der Waals surface area contributed by atoms with E-state index in [1.165, 1.54) is 16.3 Å². The molecule has 0 radical (unpaired) electrons. The van der Waals surface area contributed by atoms with Gasteiger partial charge in [0, 0.05) is 51.9 Å². The van der Waals surface area contributed by atoms with Crippen molar-refractivity contribution >= 4 is 46.1 Å². The molecule has 32 heavy (non-hydrogen) atoms. The van der Waals surface area contributed by atoms with Crippen molar-refractivity contribution in [2.75, 3.05) is 50.8 Å². The fraction of sp³-hybridized carbons (Fsp3) is 0.545. The molecule has 2 saturated heterocycles. The highest BCUT2D eigenvalue weighted by Crippen LogP contribution is 2.36. The van der Waals surface area contributed by atoms with E-state index in [1.807, 2.05) is 6.07 Å². The summed E-state index contributed by atoms with van der Waals surface area (Å²) in [7, 11) is 1.67. The minimum Gasteiger partial charge on any atom is -0.395 e. The summed E-state index contributed by atoms with van der Waals surface area (Å²) < 4.78 is 2.05. The molecule has 2 aliphatic heterocycles. The van der Waals surface area contributed by atoms with E-state index in [-0.39, 0.29) is 23.6 Å². The van der Waals surface area contributed by atoms with E-state index in [4.69, 9.17) is 12.2 Å². The molecular weight excluding hydrogens is 446 g/mol. The lowest BCUT2D eigenvalue weighted by molar-refractivity contribution is -0.122. The van der Waals surface area contributed by atoms with Gasteiger partial charge in [0.05, 0.1) is 11.5 Å². The lowest BCUT2D eigenvalue weighted by Gasteiger charge is -2.37. The van der Waals surface area contributed by atoms with Gasteiger partial charge in [0.1, 0.15) is 21.8 Å². The van der Waals surface area contributed by atoms with Crippen molar-refractivity contribution in [3.05, 3.63) is 31.9 Å². The molecular formula is C22H29N5O3S2. The van der Waals surface area contributed by atoms with Crippen molar-refractivity contribution in [3.63, 3.8) is 0 Å². The Morgan fingerprint density at radius 2 is 1.91 bits per heavy atom. The Hall–Kier alpha value is -2.19. The number of anilines is 1. The number of nitrogens with zero attached hydrogens (tertiary/aromatic N) is 5. The maximum Gasteiger partial charge on any atom is 0.270 e. The molecule has 1 aromatic heterocycles. The molecule has 0 saturated carbocycles. The van der Waals surface area contributed by atoms with Gasteiger partial charge in [-0.1, -0.05) is 37.3 Å². The van der Waals surface area contributed by atoms with E-state index in [0.29, 0.717) is 52.3 Å². The Labute approximate surface area is 198 Å². The number of rotatable bonds is 7. The first kappa shape index (κ1) is 24.5. The van der Waals surface area contributed by atoms with Gasteiger partial charge < -0.3 is 10.0 Å². The van der Waals surface area contributed by atoms with E-state index in [9.17, 15) is 20.0 Å². The second kappa shape index (κ2) is 10.6. The topological polar surface area (TPSA) is 92.8 Å². The largest absolute Gasteiger partial charge is 0.395 e. The zero-order valence-electron chi connectivity index (χ0n) is 18.8. The van der Waals surface area contributed by atoms with Crippen LogP contribution in [0.1, 0.15) is 36.5 Å². The predicted molar refractivity (Wildman–Crippen MR) is 132 cm³/mol. The zero-order valence-corrected chi connectivity index (χ0v) is 20.4. The molecule has 0 atom stereocenters. The van der Waals surface area contributed by atoms with Crippen LogP contribution in [0.5, 0.6) is 0 Å². The number of carbonyl (C=O) groups is 1. The second-order valence-corrected chi connectivity index (χ2v) is 9.63. The smallest absolute Gasteiger partial charge is 0.270 e. The Morgan fingerprint density at radius 1 is 1.22 bits per heavy atom. The summed E-state index contributed by atoms with van der Waals surface area (Å²) in [5.41, 5.74) is 1.02. The summed E-state index contributed by atoms with van der Waals surface area (Å²) >= 11 is 6.70. The summed E-state index contributed by atoms with van der Waals surface area (Å²) in [6.45, 7) is 8.01. The maximum atomic E-state index is 13.0. The molecule has 3 rings (SSSR count). The van der Waals surface area contributed by atoms with E-state index in [0.717, 1.165) is 25.9 Å². The molecule has 0 spiro atoms. The van der Waals surface area contributed by atoms with Crippen LogP contribution < -0.4 is 10.5 Å². The Bertz CT molecular complexity index is 1040. The van der Waals surface area contributed by atoms with Crippen LogP contribution in [-0.4, -0.2) is 75.6 Å². The molecule has 2 aliphatic rings. The molecule has 8 nitrogen and oxygen atoms in total. The van der Waals surface area contributed by atoms with Gasteiger partial charge in [-0.3, -0.25) is 24.0 Å². The average molecular weight is 476 g/mol. The highest BCUT2D eigenvalue weighted by atomic mass is 32.2. The number of aliphatic hydroxyl groups is 1. The molecule has 0 aromatic carbocycles. The number of β-amino-alcohol motifs (C(OH)–C–C–N with tert-alkyl or cyclic N) is 1. The molecule has 1 aromatic rings. The zero-order chi connectivity index (χ0) is 23.4. The number of unbranched alkanes of at least 4 members (excludes halogenated alkanes) is 1. The fourth-order valence-corrected chi connectivity index (χ4v) is 5.35. The van der Waals surface area contributed by atoms with E-state index >= 15 is 0 Å². The van der Waals surface area contributed by atoms with Gasteiger partial charge in [0.2, 0.25) is 0 Å². The van der Waals surface area contributed by atoms with Crippen LogP contribution in [0.4, 0.5) is 5.82 Å². The van der Waals surface area contributed by atoms with Gasteiger partial charge in [-0.2, -0.15) is 5.26 Å². The van der Waals surface area contributed by atoms with Crippen molar-refractivity contribution < 1.29 is 9.90 Å². The summed E-state index contributed by atoms with van der Waals surface area (Å²) in [6, 6.07) is 2.04. The second-order valence-electron chi connectivity index (χ2n) is 7.95. The summed E-state index contributed by atoms with van der Waals surface area (Å²) in [6.07, 6.45) is 3.63. The third-order valence-corrected chi connectivity index (χ3v) is 7.32. The van der Waals surface area contributed by atoms with Gasteiger partial charge in [-0.05, 0) is 25.0 Å². The van der Waals surface area contributed by atoms with Gasteiger partial charge in [-0.25, -0.2) is 0 Å². The van der Waals surface area contributed by atoms with E-state index < -0.39 is 0 Å². The van der Waals surface area contributed by atoms with E-state index in [2.05, 4.69) is 16.7 Å². The number of hydrogen-bond donors (Lipinski definition) is 1. The maximum absolute atomic E-state index is 13.0. The van der Waals surface area contributed by atoms with Crippen molar-refractivity contribution in [1.82, 2.24) is 14.4 Å². The SMILES string of the molecule is CCCCN1C(=O)C(=Cc2c(C)c(C#N)c(=O)n(C)c2N2CCN(CCO)CC2)SC1=S. The Morgan fingerprint density at radius 3 is 2.50 bits per heavy atom. The molecule has 1 amide bonds. The van der Waals surface area contributed by atoms with Gasteiger partial charge >= 0.3 is 0 Å². The summed E-state index contributed by atoms with van der Waals surface area (Å²) in [5, 5.41) is 18.8. The highest BCUT2D eigenvalue weighted by Gasteiger charge is 2.33.